The second-order valence-corrected chi connectivity index (χ2v) is 5.32. The van der Waals surface area contributed by atoms with E-state index >= 15 is 0 Å². The SMILES string of the molecule is CSc1ccc(Nc2nc(C)nc3c2CC=C3)cc1. The first-order valence-corrected chi connectivity index (χ1v) is 7.44. The molecule has 0 radical (unpaired) electrons. The minimum Gasteiger partial charge on any atom is -0.340 e. The molecule has 0 aliphatic heterocycles. The van der Waals surface area contributed by atoms with Gasteiger partial charge in [0.25, 0.3) is 0 Å². The first-order chi connectivity index (χ1) is 9.26. The molecule has 0 fully saturated rings. The Bertz CT molecular complexity index is 633. The van der Waals surface area contributed by atoms with Crippen molar-refractivity contribution in [1.29, 1.82) is 0 Å². The fraction of sp³-hybridized carbons (Fsp3) is 0.200. The Morgan fingerprint density at radius 1 is 1.16 bits per heavy atom. The lowest BCUT2D eigenvalue weighted by Gasteiger charge is -2.11. The molecule has 96 valence electrons. The smallest absolute Gasteiger partial charge is 0.138 e. The normalized spacial score (nSPS) is 12.5. The third kappa shape index (κ3) is 2.49. The summed E-state index contributed by atoms with van der Waals surface area (Å²) in [7, 11) is 0. The second-order valence-electron chi connectivity index (χ2n) is 4.44. The van der Waals surface area contributed by atoms with Gasteiger partial charge in [-0.15, -0.1) is 11.8 Å². The lowest BCUT2D eigenvalue weighted by molar-refractivity contribution is 1.02. The van der Waals surface area contributed by atoms with Crippen LogP contribution in [0.25, 0.3) is 6.08 Å². The monoisotopic (exact) mass is 269 g/mol. The van der Waals surface area contributed by atoms with Crippen LogP contribution in [0, 0.1) is 6.92 Å². The number of hydrogen-bond acceptors (Lipinski definition) is 4. The topological polar surface area (TPSA) is 37.8 Å². The van der Waals surface area contributed by atoms with Crippen LogP contribution < -0.4 is 5.32 Å². The summed E-state index contributed by atoms with van der Waals surface area (Å²) >= 11 is 1.74. The van der Waals surface area contributed by atoms with Gasteiger partial charge >= 0.3 is 0 Å². The molecule has 0 bridgehead atoms. The van der Waals surface area contributed by atoms with Gasteiger partial charge in [0.2, 0.25) is 0 Å². The number of thioether (sulfide) groups is 1. The molecule has 0 saturated carbocycles. The van der Waals surface area contributed by atoms with Crippen LogP contribution in [0.5, 0.6) is 0 Å². The highest BCUT2D eigenvalue weighted by molar-refractivity contribution is 7.98. The van der Waals surface area contributed by atoms with Gasteiger partial charge in [0.05, 0.1) is 5.69 Å². The summed E-state index contributed by atoms with van der Waals surface area (Å²) in [6.45, 7) is 1.93. The van der Waals surface area contributed by atoms with Crippen molar-refractivity contribution < 1.29 is 0 Å². The third-order valence-corrected chi connectivity index (χ3v) is 3.84. The van der Waals surface area contributed by atoms with Gasteiger partial charge in [-0.25, -0.2) is 9.97 Å². The van der Waals surface area contributed by atoms with Crippen LogP contribution in [0.15, 0.2) is 35.2 Å². The van der Waals surface area contributed by atoms with E-state index in [-0.39, 0.29) is 0 Å². The van der Waals surface area contributed by atoms with Crippen molar-refractivity contribution in [3.8, 4) is 0 Å². The molecular weight excluding hydrogens is 254 g/mol. The van der Waals surface area contributed by atoms with Gasteiger partial charge in [0, 0.05) is 16.1 Å². The average molecular weight is 269 g/mol. The first kappa shape index (κ1) is 12.2. The number of nitrogens with one attached hydrogen (secondary N) is 1. The number of fused-ring (bicyclic) bond motifs is 1. The number of aryl methyl sites for hydroxylation is 1. The fourth-order valence-electron chi connectivity index (χ4n) is 2.16. The highest BCUT2D eigenvalue weighted by atomic mass is 32.2. The van der Waals surface area contributed by atoms with E-state index in [0.717, 1.165) is 29.4 Å². The third-order valence-electron chi connectivity index (χ3n) is 3.10. The van der Waals surface area contributed by atoms with E-state index in [1.807, 2.05) is 6.92 Å². The molecule has 0 amide bonds. The van der Waals surface area contributed by atoms with Crippen molar-refractivity contribution in [2.45, 2.75) is 18.2 Å². The largest absolute Gasteiger partial charge is 0.340 e. The van der Waals surface area contributed by atoms with Gasteiger partial charge < -0.3 is 5.32 Å². The molecule has 1 aromatic carbocycles. The van der Waals surface area contributed by atoms with E-state index in [9.17, 15) is 0 Å². The minimum absolute atomic E-state index is 0.800. The van der Waals surface area contributed by atoms with Crippen LogP contribution in [-0.2, 0) is 6.42 Å². The Morgan fingerprint density at radius 2 is 1.95 bits per heavy atom. The van der Waals surface area contributed by atoms with E-state index in [1.54, 1.807) is 11.8 Å². The second kappa shape index (κ2) is 5.05. The summed E-state index contributed by atoms with van der Waals surface area (Å²) in [6.07, 6.45) is 7.17. The van der Waals surface area contributed by atoms with Crippen LogP contribution in [0.4, 0.5) is 11.5 Å². The molecule has 1 aliphatic rings. The van der Waals surface area contributed by atoms with Crippen molar-refractivity contribution in [3.63, 3.8) is 0 Å². The molecule has 0 unspecified atom stereocenters. The molecule has 19 heavy (non-hydrogen) atoms. The van der Waals surface area contributed by atoms with Gasteiger partial charge in [-0.2, -0.15) is 0 Å². The zero-order valence-electron chi connectivity index (χ0n) is 11.0. The summed E-state index contributed by atoms with van der Waals surface area (Å²) in [5, 5.41) is 3.40. The van der Waals surface area contributed by atoms with Gasteiger partial charge in [-0.1, -0.05) is 6.08 Å². The standard InChI is InChI=1S/C15H15N3S/c1-10-16-14-5-3-4-13(14)15(17-10)18-11-6-8-12(19-2)9-7-11/h3,5-9H,4H2,1-2H3,(H,16,17,18). The summed E-state index contributed by atoms with van der Waals surface area (Å²) in [5.74, 6) is 1.72. The van der Waals surface area contributed by atoms with Crippen molar-refractivity contribution >= 4 is 29.3 Å². The van der Waals surface area contributed by atoms with E-state index in [1.165, 1.54) is 10.5 Å². The van der Waals surface area contributed by atoms with Gasteiger partial charge in [0.1, 0.15) is 11.6 Å². The van der Waals surface area contributed by atoms with Crippen LogP contribution >= 0.6 is 11.8 Å². The van der Waals surface area contributed by atoms with Gasteiger partial charge in [-0.3, -0.25) is 0 Å². The first-order valence-electron chi connectivity index (χ1n) is 6.21. The van der Waals surface area contributed by atoms with E-state index < -0.39 is 0 Å². The Morgan fingerprint density at radius 3 is 2.68 bits per heavy atom. The van der Waals surface area contributed by atoms with Crippen LogP contribution in [-0.4, -0.2) is 16.2 Å². The summed E-state index contributed by atoms with van der Waals surface area (Å²) in [5.41, 5.74) is 3.28. The molecule has 3 nitrogen and oxygen atoms in total. The highest BCUT2D eigenvalue weighted by Crippen LogP contribution is 2.27. The maximum absolute atomic E-state index is 4.52. The Hall–Kier alpha value is -1.81. The van der Waals surface area contributed by atoms with E-state index in [4.69, 9.17) is 0 Å². The van der Waals surface area contributed by atoms with Crippen molar-refractivity contribution in [3.05, 3.63) is 47.4 Å². The number of rotatable bonds is 3. The Balaban J connectivity index is 1.91. The molecule has 1 heterocycles. The highest BCUT2D eigenvalue weighted by Gasteiger charge is 2.14. The summed E-state index contributed by atoms with van der Waals surface area (Å²) in [6, 6.07) is 8.38. The molecule has 0 saturated heterocycles. The number of nitrogens with zero attached hydrogens (tertiary/aromatic N) is 2. The summed E-state index contributed by atoms with van der Waals surface area (Å²) < 4.78 is 0. The van der Waals surface area contributed by atoms with Crippen molar-refractivity contribution in [2.75, 3.05) is 11.6 Å². The molecule has 2 aromatic rings. The van der Waals surface area contributed by atoms with Gasteiger partial charge in [0.15, 0.2) is 0 Å². The van der Waals surface area contributed by atoms with E-state index in [0.29, 0.717) is 0 Å². The maximum Gasteiger partial charge on any atom is 0.138 e. The average Bonchev–Trinajstić information content (AvgIpc) is 2.88. The number of hydrogen-bond donors (Lipinski definition) is 1. The zero-order chi connectivity index (χ0) is 13.2. The fourth-order valence-corrected chi connectivity index (χ4v) is 2.57. The molecule has 4 heteroatoms. The Labute approximate surface area is 117 Å². The lowest BCUT2D eigenvalue weighted by atomic mass is 10.2. The zero-order valence-corrected chi connectivity index (χ0v) is 11.8. The number of allylic oxidation sites excluding steroid dienone is 1. The molecule has 1 aromatic heterocycles. The molecule has 1 N–H and O–H groups in total. The molecule has 3 rings (SSSR count). The number of benzene rings is 1. The van der Waals surface area contributed by atoms with Crippen molar-refractivity contribution in [1.82, 2.24) is 9.97 Å². The van der Waals surface area contributed by atoms with Crippen LogP contribution in [0.2, 0.25) is 0 Å². The molecule has 1 aliphatic carbocycles. The quantitative estimate of drug-likeness (QED) is 0.860. The van der Waals surface area contributed by atoms with Gasteiger partial charge in [-0.05, 0) is 49.9 Å². The molecule has 0 spiro atoms. The van der Waals surface area contributed by atoms with Crippen LogP contribution in [0.1, 0.15) is 17.1 Å². The minimum atomic E-state index is 0.800. The van der Waals surface area contributed by atoms with Crippen LogP contribution in [0.3, 0.4) is 0 Å². The summed E-state index contributed by atoms with van der Waals surface area (Å²) in [4.78, 5) is 10.2. The predicted octanol–water partition coefficient (Wildman–Crippen LogP) is 3.82. The van der Waals surface area contributed by atoms with Crippen molar-refractivity contribution in [2.24, 2.45) is 0 Å². The maximum atomic E-state index is 4.52. The number of aromatic nitrogens is 2. The Kier molecular flexibility index (Phi) is 3.25. The van der Waals surface area contributed by atoms with E-state index in [2.05, 4.69) is 58.0 Å². The molecular formula is C15H15N3S. The molecule has 0 atom stereocenters. The lowest BCUT2D eigenvalue weighted by Crippen LogP contribution is -2.03. The number of anilines is 2. The predicted molar refractivity (Wildman–Crippen MR) is 81.0 cm³/mol.